The van der Waals surface area contributed by atoms with Crippen molar-refractivity contribution < 1.29 is 4.79 Å². The molecule has 0 unspecified atom stereocenters. The topological polar surface area (TPSA) is 46.5 Å². The summed E-state index contributed by atoms with van der Waals surface area (Å²) in [4.78, 5) is 20.6. The summed E-state index contributed by atoms with van der Waals surface area (Å²) in [5, 5.41) is 2.65. The van der Waals surface area contributed by atoms with Crippen molar-refractivity contribution >= 4 is 33.4 Å². The summed E-state index contributed by atoms with van der Waals surface area (Å²) in [7, 11) is 0. The van der Waals surface area contributed by atoms with Gasteiger partial charge < -0.3 is 0 Å². The molecule has 1 amide bonds. The van der Waals surface area contributed by atoms with Crippen molar-refractivity contribution in [3.8, 4) is 0 Å². The summed E-state index contributed by atoms with van der Waals surface area (Å²) in [6, 6.07) is 4.44. The maximum atomic E-state index is 10.7. The van der Waals surface area contributed by atoms with Crippen molar-refractivity contribution in [3.05, 3.63) is 38.2 Å². The zero-order valence-electron chi connectivity index (χ0n) is 5.75. The molecule has 1 aromatic carbocycles. The van der Waals surface area contributed by atoms with Gasteiger partial charge in [-0.15, -0.1) is 4.91 Å². The monoisotopic (exact) mass is 247 g/mol. The van der Waals surface area contributed by atoms with Crippen LogP contribution in [0.5, 0.6) is 0 Å². The zero-order chi connectivity index (χ0) is 9.14. The highest BCUT2D eigenvalue weighted by Crippen LogP contribution is 2.23. The van der Waals surface area contributed by atoms with E-state index in [1.165, 1.54) is 12.1 Å². The van der Waals surface area contributed by atoms with Gasteiger partial charge >= 0.3 is 5.91 Å². The SMILES string of the molecule is O=NC(=O)c1ccc(Br)c(Cl)c1. The number of nitrogens with zero attached hydrogens (tertiary/aromatic N) is 1. The van der Waals surface area contributed by atoms with Crippen LogP contribution in [-0.4, -0.2) is 5.91 Å². The van der Waals surface area contributed by atoms with Crippen LogP contribution >= 0.6 is 27.5 Å². The van der Waals surface area contributed by atoms with E-state index in [9.17, 15) is 9.70 Å². The van der Waals surface area contributed by atoms with Crippen LogP contribution in [-0.2, 0) is 0 Å². The Morgan fingerprint density at radius 2 is 2.17 bits per heavy atom. The van der Waals surface area contributed by atoms with Gasteiger partial charge in [0.2, 0.25) is 0 Å². The van der Waals surface area contributed by atoms with E-state index < -0.39 is 5.91 Å². The molecule has 0 saturated carbocycles. The maximum Gasteiger partial charge on any atom is 0.316 e. The standard InChI is InChI=1S/C7H3BrClNO2/c8-5-2-1-4(3-6(5)9)7(11)10-12/h1-3H. The van der Waals surface area contributed by atoms with Gasteiger partial charge in [0, 0.05) is 15.2 Å². The van der Waals surface area contributed by atoms with Gasteiger partial charge in [0.25, 0.3) is 0 Å². The van der Waals surface area contributed by atoms with Crippen LogP contribution in [0.4, 0.5) is 0 Å². The zero-order valence-corrected chi connectivity index (χ0v) is 8.09. The van der Waals surface area contributed by atoms with Gasteiger partial charge in [0.1, 0.15) is 0 Å². The number of hydrogen-bond acceptors (Lipinski definition) is 2. The lowest BCUT2D eigenvalue weighted by Crippen LogP contribution is -1.92. The lowest BCUT2D eigenvalue weighted by Gasteiger charge is -1.96. The second-order valence-corrected chi connectivity index (χ2v) is 3.29. The van der Waals surface area contributed by atoms with E-state index in [4.69, 9.17) is 11.6 Å². The second-order valence-electron chi connectivity index (χ2n) is 2.03. The number of hydrogen-bond donors (Lipinski definition) is 0. The molecule has 1 rings (SSSR count). The first-order chi connectivity index (χ1) is 5.65. The Kier molecular flexibility index (Phi) is 2.94. The minimum Gasteiger partial charge on any atom is -0.263 e. The van der Waals surface area contributed by atoms with Crippen molar-refractivity contribution in [3.63, 3.8) is 0 Å². The average Bonchev–Trinajstić information content (AvgIpc) is 2.08. The van der Waals surface area contributed by atoms with Crippen LogP contribution in [0.2, 0.25) is 5.02 Å². The van der Waals surface area contributed by atoms with E-state index in [0.717, 1.165) is 0 Å². The molecule has 0 aliphatic heterocycles. The van der Waals surface area contributed by atoms with Gasteiger partial charge in [-0.1, -0.05) is 11.6 Å². The smallest absolute Gasteiger partial charge is 0.263 e. The summed E-state index contributed by atoms with van der Waals surface area (Å²) in [6.07, 6.45) is 0. The molecule has 12 heavy (non-hydrogen) atoms. The first-order valence-corrected chi connectivity index (χ1v) is 4.15. The Morgan fingerprint density at radius 3 is 2.67 bits per heavy atom. The van der Waals surface area contributed by atoms with Crippen molar-refractivity contribution in [2.75, 3.05) is 0 Å². The third-order valence-electron chi connectivity index (χ3n) is 1.25. The largest absolute Gasteiger partial charge is 0.316 e. The average molecular weight is 248 g/mol. The lowest BCUT2D eigenvalue weighted by atomic mass is 10.2. The highest BCUT2D eigenvalue weighted by Gasteiger charge is 2.06. The summed E-state index contributed by atoms with van der Waals surface area (Å²) in [6.45, 7) is 0. The molecule has 0 N–H and O–H groups in total. The minimum atomic E-state index is -0.815. The molecular formula is C7H3BrClNO2. The Morgan fingerprint density at radius 1 is 1.50 bits per heavy atom. The van der Waals surface area contributed by atoms with Gasteiger partial charge in [-0.3, -0.25) is 4.79 Å². The summed E-state index contributed by atoms with van der Waals surface area (Å²) in [5.74, 6) is -0.815. The highest BCUT2D eigenvalue weighted by atomic mass is 79.9. The molecule has 0 atom stereocenters. The fourth-order valence-electron chi connectivity index (χ4n) is 0.682. The predicted octanol–water partition coefficient (Wildman–Crippen LogP) is 3.01. The molecule has 0 aromatic heterocycles. The van der Waals surface area contributed by atoms with E-state index in [1.54, 1.807) is 6.07 Å². The molecule has 0 aliphatic carbocycles. The Balaban J connectivity index is 3.13. The second kappa shape index (κ2) is 3.78. The van der Waals surface area contributed by atoms with Crippen LogP contribution in [0, 0.1) is 4.91 Å². The molecule has 0 aliphatic rings. The molecule has 5 heteroatoms. The first kappa shape index (κ1) is 9.35. The van der Waals surface area contributed by atoms with Gasteiger partial charge in [0.15, 0.2) is 0 Å². The van der Waals surface area contributed by atoms with Crippen molar-refractivity contribution in [1.29, 1.82) is 0 Å². The fourth-order valence-corrected chi connectivity index (χ4v) is 1.11. The van der Waals surface area contributed by atoms with E-state index in [-0.39, 0.29) is 5.56 Å². The van der Waals surface area contributed by atoms with Gasteiger partial charge in [-0.05, 0) is 34.1 Å². The minimum absolute atomic E-state index is 0.193. The highest BCUT2D eigenvalue weighted by molar-refractivity contribution is 9.10. The van der Waals surface area contributed by atoms with Crippen molar-refractivity contribution in [2.24, 2.45) is 5.18 Å². The Labute approximate surface area is 81.8 Å². The molecule has 0 spiro atoms. The van der Waals surface area contributed by atoms with Crippen LogP contribution in [0.1, 0.15) is 10.4 Å². The molecular weight excluding hydrogens is 245 g/mol. The summed E-state index contributed by atoms with van der Waals surface area (Å²) < 4.78 is 0.673. The van der Waals surface area contributed by atoms with Crippen LogP contribution in [0.25, 0.3) is 0 Å². The number of carbonyl (C=O) groups is 1. The summed E-state index contributed by atoms with van der Waals surface area (Å²) in [5.41, 5.74) is 0.193. The van der Waals surface area contributed by atoms with E-state index in [0.29, 0.717) is 9.50 Å². The van der Waals surface area contributed by atoms with Crippen LogP contribution < -0.4 is 0 Å². The molecule has 0 bridgehead atoms. The third kappa shape index (κ3) is 1.89. The molecule has 0 fully saturated rings. The quantitative estimate of drug-likeness (QED) is 0.717. The third-order valence-corrected chi connectivity index (χ3v) is 2.48. The Hall–Kier alpha value is -0.740. The number of benzene rings is 1. The van der Waals surface area contributed by atoms with Crippen LogP contribution in [0.15, 0.2) is 27.8 Å². The number of halogens is 2. The van der Waals surface area contributed by atoms with Crippen molar-refractivity contribution in [2.45, 2.75) is 0 Å². The lowest BCUT2D eigenvalue weighted by molar-refractivity contribution is 0.100. The van der Waals surface area contributed by atoms with Gasteiger partial charge in [-0.2, -0.15) is 0 Å². The first-order valence-electron chi connectivity index (χ1n) is 2.98. The molecule has 0 saturated heterocycles. The maximum absolute atomic E-state index is 10.7. The number of carbonyl (C=O) groups excluding carboxylic acids is 1. The Bertz CT molecular complexity index is 340. The van der Waals surface area contributed by atoms with E-state index in [1.807, 2.05) is 0 Å². The molecule has 0 heterocycles. The predicted molar refractivity (Wildman–Crippen MR) is 49.3 cm³/mol. The van der Waals surface area contributed by atoms with Crippen LogP contribution in [0.3, 0.4) is 0 Å². The van der Waals surface area contributed by atoms with Crippen molar-refractivity contribution in [1.82, 2.24) is 0 Å². The molecule has 0 radical (unpaired) electrons. The van der Waals surface area contributed by atoms with E-state index in [2.05, 4.69) is 21.1 Å². The summed E-state index contributed by atoms with van der Waals surface area (Å²) >= 11 is 8.82. The number of nitroso groups, excluding NO2 is 1. The number of amides is 1. The molecule has 62 valence electrons. The molecule has 1 aromatic rings. The molecule has 3 nitrogen and oxygen atoms in total. The van der Waals surface area contributed by atoms with E-state index >= 15 is 0 Å². The van der Waals surface area contributed by atoms with Gasteiger partial charge in [0.05, 0.1) is 5.02 Å². The normalized spacial score (nSPS) is 9.50. The fraction of sp³-hybridized carbons (Fsp3) is 0. The van der Waals surface area contributed by atoms with Gasteiger partial charge in [-0.25, -0.2) is 0 Å². The number of rotatable bonds is 1.